The number of nitrogens with zero attached hydrogens (tertiary/aromatic N) is 3. The van der Waals surface area contributed by atoms with E-state index < -0.39 is 0 Å². The Morgan fingerprint density at radius 2 is 2.35 bits per heavy atom. The van der Waals surface area contributed by atoms with Crippen LogP contribution in [0.1, 0.15) is 23.8 Å². The fourth-order valence-electron chi connectivity index (χ4n) is 2.70. The third-order valence-electron chi connectivity index (χ3n) is 3.65. The highest BCUT2D eigenvalue weighted by atomic mass is 16.2. The highest BCUT2D eigenvalue weighted by molar-refractivity contribution is 5.90. The number of carbonyl (C=O) groups is 2. The lowest BCUT2D eigenvalue weighted by Gasteiger charge is -2.34. The molecule has 1 aliphatic heterocycles. The molecule has 6 heteroatoms. The van der Waals surface area contributed by atoms with Crippen molar-refractivity contribution in [1.29, 1.82) is 0 Å². The second-order valence-electron chi connectivity index (χ2n) is 4.78. The summed E-state index contributed by atoms with van der Waals surface area (Å²) in [6, 6.07) is 5.31. The number of pyridine rings is 1. The Morgan fingerprint density at radius 3 is 3.10 bits per heavy atom. The van der Waals surface area contributed by atoms with Crippen molar-refractivity contribution in [3.63, 3.8) is 0 Å². The van der Waals surface area contributed by atoms with Gasteiger partial charge in [0.05, 0.1) is 0 Å². The number of fused-ring (bicyclic) bond motifs is 1. The quantitative estimate of drug-likeness (QED) is 0.842. The highest BCUT2D eigenvalue weighted by Gasteiger charge is 2.31. The van der Waals surface area contributed by atoms with Crippen molar-refractivity contribution in [2.75, 3.05) is 18.0 Å². The number of nitrogens with one attached hydrogen (secondary N) is 1. The van der Waals surface area contributed by atoms with Gasteiger partial charge in [-0.3, -0.25) is 14.0 Å². The zero-order valence-corrected chi connectivity index (χ0v) is 11.2. The molecule has 1 aliphatic rings. The lowest BCUT2D eigenvalue weighted by Crippen LogP contribution is -2.55. The maximum Gasteiger partial charge on any atom is 0.242 e. The van der Waals surface area contributed by atoms with Crippen molar-refractivity contribution in [1.82, 2.24) is 14.7 Å². The van der Waals surface area contributed by atoms with Gasteiger partial charge in [-0.15, -0.1) is 0 Å². The van der Waals surface area contributed by atoms with Gasteiger partial charge in [-0.1, -0.05) is 13.0 Å². The number of piperazine rings is 1. The van der Waals surface area contributed by atoms with Crippen molar-refractivity contribution in [2.45, 2.75) is 19.4 Å². The molecule has 1 atom stereocenters. The summed E-state index contributed by atoms with van der Waals surface area (Å²) < 4.78 is 1.75. The number of hydrogen-bond donors (Lipinski definition) is 1. The smallest absolute Gasteiger partial charge is 0.242 e. The molecule has 1 unspecified atom stereocenters. The predicted molar refractivity (Wildman–Crippen MR) is 75.0 cm³/mol. The van der Waals surface area contributed by atoms with Crippen LogP contribution >= 0.6 is 0 Å². The average molecular weight is 272 g/mol. The molecule has 0 saturated carbocycles. The van der Waals surface area contributed by atoms with Gasteiger partial charge in [0.15, 0.2) is 12.1 Å². The molecular weight excluding hydrogens is 256 g/mol. The summed E-state index contributed by atoms with van der Waals surface area (Å²) in [5.74, 6) is 0.584. The fraction of sp³-hybridized carbons (Fsp3) is 0.357. The van der Waals surface area contributed by atoms with Gasteiger partial charge in [-0.2, -0.15) is 0 Å². The van der Waals surface area contributed by atoms with Crippen LogP contribution < -0.4 is 10.2 Å². The number of hydrogen-bond acceptors (Lipinski definition) is 4. The summed E-state index contributed by atoms with van der Waals surface area (Å²) in [5, 5.41) is 2.85. The Hall–Kier alpha value is -2.37. The molecule has 2 aromatic heterocycles. The monoisotopic (exact) mass is 272 g/mol. The van der Waals surface area contributed by atoms with Crippen molar-refractivity contribution < 1.29 is 9.59 Å². The lowest BCUT2D eigenvalue weighted by molar-refractivity contribution is -0.123. The molecule has 2 aromatic rings. The summed E-state index contributed by atoms with van der Waals surface area (Å²) >= 11 is 0. The van der Waals surface area contributed by atoms with Crippen LogP contribution in [-0.4, -0.2) is 40.7 Å². The molecule has 3 rings (SSSR count). The van der Waals surface area contributed by atoms with E-state index in [1.165, 1.54) is 0 Å². The van der Waals surface area contributed by atoms with Crippen LogP contribution in [0.5, 0.6) is 0 Å². The minimum atomic E-state index is -0.271. The third kappa shape index (κ3) is 1.84. The number of carbonyl (C=O) groups excluding carboxylic acids is 2. The van der Waals surface area contributed by atoms with Gasteiger partial charge < -0.3 is 10.2 Å². The normalized spacial score (nSPS) is 19.1. The topological polar surface area (TPSA) is 66.7 Å². The van der Waals surface area contributed by atoms with Gasteiger partial charge in [0.2, 0.25) is 5.91 Å². The first-order valence-electron chi connectivity index (χ1n) is 6.73. The van der Waals surface area contributed by atoms with E-state index in [1.54, 1.807) is 10.6 Å². The van der Waals surface area contributed by atoms with E-state index in [2.05, 4.69) is 10.3 Å². The van der Waals surface area contributed by atoms with Crippen LogP contribution in [-0.2, 0) is 4.79 Å². The van der Waals surface area contributed by atoms with Gasteiger partial charge in [0.25, 0.3) is 0 Å². The highest BCUT2D eigenvalue weighted by Crippen LogP contribution is 2.24. The van der Waals surface area contributed by atoms with E-state index in [1.807, 2.05) is 30.0 Å². The van der Waals surface area contributed by atoms with E-state index >= 15 is 0 Å². The van der Waals surface area contributed by atoms with E-state index in [9.17, 15) is 9.59 Å². The van der Waals surface area contributed by atoms with Crippen molar-refractivity contribution in [2.24, 2.45) is 0 Å². The number of anilines is 1. The zero-order valence-electron chi connectivity index (χ0n) is 11.2. The van der Waals surface area contributed by atoms with Gasteiger partial charge in [0.1, 0.15) is 17.4 Å². The van der Waals surface area contributed by atoms with Gasteiger partial charge in [-0.05, 0) is 18.6 Å². The molecule has 1 saturated heterocycles. The molecule has 0 bridgehead atoms. The standard InChI is InChI=1S/C14H16N4O2/c1-2-10-14(20)15-6-8-18(10)13-11(9-19)17-7-4-3-5-12(17)16-13/h3-5,7,9-10H,2,6,8H2,1H3,(H,15,20). The Balaban J connectivity index is 2.13. The van der Waals surface area contributed by atoms with Crippen LogP contribution in [0.15, 0.2) is 24.4 Å². The molecule has 0 aromatic carbocycles. The van der Waals surface area contributed by atoms with E-state index in [0.29, 0.717) is 36.7 Å². The minimum Gasteiger partial charge on any atom is -0.353 e. The molecule has 1 amide bonds. The molecule has 0 radical (unpaired) electrons. The molecule has 3 heterocycles. The summed E-state index contributed by atoms with van der Waals surface area (Å²) in [4.78, 5) is 29.8. The molecule has 0 spiro atoms. The van der Waals surface area contributed by atoms with Crippen LogP contribution in [0.2, 0.25) is 0 Å². The summed E-state index contributed by atoms with van der Waals surface area (Å²) in [6.07, 6.45) is 3.28. The maximum absolute atomic E-state index is 11.9. The minimum absolute atomic E-state index is 0.00680. The SMILES string of the molecule is CCC1C(=O)NCCN1c1nc2ccccn2c1C=O. The van der Waals surface area contributed by atoms with Crippen LogP contribution in [0.4, 0.5) is 5.82 Å². The van der Waals surface area contributed by atoms with Crippen molar-refractivity contribution in [3.05, 3.63) is 30.1 Å². The van der Waals surface area contributed by atoms with E-state index in [4.69, 9.17) is 0 Å². The summed E-state index contributed by atoms with van der Waals surface area (Å²) in [6.45, 7) is 3.19. The van der Waals surface area contributed by atoms with Crippen LogP contribution in [0.3, 0.4) is 0 Å². The fourth-order valence-corrected chi connectivity index (χ4v) is 2.70. The van der Waals surface area contributed by atoms with E-state index in [0.717, 1.165) is 6.29 Å². The Morgan fingerprint density at radius 1 is 1.50 bits per heavy atom. The first-order valence-corrected chi connectivity index (χ1v) is 6.73. The molecule has 1 fully saturated rings. The summed E-state index contributed by atoms with van der Waals surface area (Å²) in [5.41, 5.74) is 1.21. The number of amides is 1. The van der Waals surface area contributed by atoms with Gasteiger partial charge in [-0.25, -0.2) is 4.98 Å². The third-order valence-corrected chi connectivity index (χ3v) is 3.65. The molecule has 1 N–H and O–H groups in total. The molecular formula is C14H16N4O2. The average Bonchev–Trinajstić information content (AvgIpc) is 2.85. The zero-order chi connectivity index (χ0) is 14.1. The lowest BCUT2D eigenvalue weighted by atomic mass is 10.1. The first kappa shape index (κ1) is 12.7. The Kier molecular flexibility index (Phi) is 3.14. The van der Waals surface area contributed by atoms with Crippen molar-refractivity contribution in [3.8, 4) is 0 Å². The molecule has 6 nitrogen and oxygen atoms in total. The van der Waals surface area contributed by atoms with E-state index in [-0.39, 0.29) is 11.9 Å². The largest absolute Gasteiger partial charge is 0.353 e. The number of aldehydes is 1. The second kappa shape index (κ2) is 4.96. The Labute approximate surface area is 116 Å². The van der Waals surface area contributed by atoms with Crippen LogP contribution in [0, 0.1) is 0 Å². The van der Waals surface area contributed by atoms with Crippen molar-refractivity contribution >= 4 is 23.7 Å². The maximum atomic E-state index is 11.9. The summed E-state index contributed by atoms with van der Waals surface area (Å²) in [7, 11) is 0. The molecule has 20 heavy (non-hydrogen) atoms. The number of rotatable bonds is 3. The first-order chi connectivity index (χ1) is 9.76. The molecule has 104 valence electrons. The Bertz CT molecular complexity index is 664. The van der Waals surface area contributed by atoms with Crippen LogP contribution in [0.25, 0.3) is 5.65 Å². The number of aromatic nitrogens is 2. The second-order valence-corrected chi connectivity index (χ2v) is 4.78. The number of imidazole rings is 1. The molecule has 0 aliphatic carbocycles. The van der Waals surface area contributed by atoms with Gasteiger partial charge >= 0.3 is 0 Å². The van der Waals surface area contributed by atoms with Gasteiger partial charge in [0, 0.05) is 19.3 Å². The predicted octanol–water partition coefficient (Wildman–Crippen LogP) is 0.862.